The first kappa shape index (κ1) is 17.7. The largest absolute Gasteiger partial charge is 0.508 e. The number of phenols is 1. The molecule has 3 aromatic carbocycles. The molecular formula is C22H17ClN2O4. The summed E-state index contributed by atoms with van der Waals surface area (Å²) in [5, 5.41) is 14.3. The quantitative estimate of drug-likeness (QED) is 0.665. The summed E-state index contributed by atoms with van der Waals surface area (Å²) >= 11 is 6.17. The lowest BCUT2D eigenvalue weighted by molar-refractivity contribution is 0.0664. The third-order valence-electron chi connectivity index (χ3n) is 5.10. The van der Waals surface area contributed by atoms with Crippen molar-refractivity contribution in [1.82, 2.24) is 4.90 Å². The second kappa shape index (κ2) is 6.90. The Hall–Kier alpha value is -3.38. The van der Waals surface area contributed by atoms with Crippen LogP contribution in [0.2, 0.25) is 5.02 Å². The number of nitrogens with one attached hydrogen (secondary N) is 1. The van der Waals surface area contributed by atoms with E-state index in [2.05, 4.69) is 5.32 Å². The smallest absolute Gasteiger partial charge is 0.258 e. The number of hydrogen-bond donors (Lipinski definition) is 2. The average molecular weight is 409 g/mol. The molecular weight excluding hydrogens is 392 g/mol. The number of nitrogens with zero attached hydrogens (tertiary/aromatic N) is 1. The third kappa shape index (κ3) is 3.11. The van der Waals surface area contributed by atoms with Crippen LogP contribution in [0.25, 0.3) is 0 Å². The van der Waals surface area contributed by atoms with E-state index < -0.39 is 6.17 Å². The summed E-state index contributed by atoms with van der Waals surface area (Å²) in [6, 6.07) is 17.7. The molecule has 0 radical (unpaired) electrons. The summed E-state index contributed by atoms with van der Waals surface area (Å²) in [6.45, 7) is 0.503. The summed E-state index contributed by atoms with van der Waals surface area (Å²) < 4.78 is 10.8. The lowest BCUT2D eigenvalue weighted by Gasteiger charge is -2.38. The van der Waals surface area contributed by atoms with Crippen molar-refractivity contribution in [3.05, 3.63) is 82.4 Å². The Morgan fingerprint density at radius 1 is 1.07 bits per heavy atom. The number of ether oxygens (including phenoxy) is 2. The van der Waals surface area contributed by atoms with E-state index in [1.165, 1.54) is 6.07 Å². The van der Waals surface area contributed by atoms with Gasteiger partial charge in [0.1, 0.15) is 11.9 Å². The Bertz CT molecular complexity index is 1120. The maximum absolute atomic E-state index is 13.4. The third-order valence-corrected chi connectivity index (χ3v) is 5.33. The van der Waals surface area contributed by atoms with Gasteiger partial charge in [-0.1, -0.05) is 29.8 Å². The fourth-order valence-electron chi connectivity index (χ4n) is 3.68. The molecule has 3 aromatic rings. The van der Waals surface area contributed by atoms with E-state index in [1.54, 1.807) is 23.1 Å². The van der Waals surface area contributed by atoms with Gasteiger partial charge in [-0.3, -0.25) is 4.79 Å². The number of fused-ring (bicyclic) bond motifs is 2. The van der Waals surface area contributed by atoms with Crippen molar-refractivity contribution in [3.63, 3.8) is 0 Å². The minimum atomic E-state index is -0.582. The van der Waals surface area contributed by atoms with Crippen molar-refractivity contribution in [3.8, 4) is 17.2 Å². The van der Waals surface area contributed by atoms with Gasteiger partial charge in [0.15, 0.2) is 11.5 Å². The number of benzene rings is 3. The second-order valence-electron chi connectivity index (χ2n) is 6.92. The van der Waals surface area contributed by atoms with E-state index in [1.807, 2.05) is 36.4 Å². The van der Waals surface area contributed by atoms with Crippen LogP contribution in [0.15, 0.2) is 60.7 Å². The number of rotatable bonds is 3. The number of amides is 1. The lowest BCUT2D eigenvalue weighted by atomic mass is 10.0. The van der Waals surface area contributed by atoms with Gasteiger partial charge >= 0.3 is 0 Å². The SMILES string of the molecule is O=C1c2ccccc2NC(c2cc(Cl)ccc2O)N1Cc1ccc2c(c1)OCO2. The number of para-hydroxylation sites is 1. The predicted molar refractivity (Wildman–Crippen MR) is 108 cm³/mol. The van der Waals surface area contributed by atoms with Crippen LogP contribution in [-0.4, -0.2) is 22.7 Å². The normalized spacial score (nSPS) is 17.1. The van der Waals surface area contributed by atoms with Crippen molar-refractivity contribution in [2.24, 2.45) is 0 Å². The van der Waals surface area contributed by atoms with Crippen molar-refractivity contribution in [2.75, 3.05) is 12.1 Å². The van der Waals surface area contributed by atoms with Gasteiger partial charge < -0.3 is 24.8 Å². The highest BCUT2D eigenvalue weighted by atomic mass is 35.5. The summed E-state index contributed by atoms with van der Waals surface area (Å²) in [5.74, 6) is 1.27. The summed E-state index contributed by atoms with van der Waals surface area (Å²) in [5.41, 5.74) is 2.70. The van der Waals surface area contributed by atoms with Crippen molar-refractivity contribution in [2.45, 2.75) is 12.7 Å². The van der Waals surface area contributed by atoms with Gasteiger partial charge in [0.2, 0.25) is 6.79 Å². The monoisotopic (exact) mass is 408 g/mol. The minimum absolute atomic E-state index is 0.0646. The van der Waals surface area contributed by atoms with Gasteiger partial charge in [-0.15, -0.1) is 0 Å². The number of phenolic OH excluding ortho intramolecular Hbond substituents is 1. The van der Waals surface area contributed by atoms with Gasteiger partial charge in [-0.2, -0.15) is 0 Å². The summed E-state index contributed by atoms with van der Waals surface area (Å²) in [4.78, 5) is 15.0. The molecule has 0 aromatic heterocycles. The van der Waals surface area contributed by atoms with Gasteiger partial charge in [0.25, 0.3) is 5.91 Å². The molecule has 7 heteroatoms. The van der Waals surface area contributed by atoms with Crippen LogP contribution in [-0.2, 0) is 6.54 Å². The van der Waals surface area contributed by atoms with Crippen molar-refractivity contribution < 1.29 is 19.4 Å². The number of carbonyl (C=O) groups is 1. The van der Waals surface area contributed by atoms with Crippen LogP contribution in [0.1, 0.15) is 27.7 Å². The van der Waals surface area contributed by atoms with E-state index in [-0.39, 0.29) is 18.4 Å². The van der Waals surface area contributed by atoms with Crippen LogP contribution >= 0.6 is 11.6 Å². The van der Waals surface area contributed by atoms with Crippen LogP contribution in [0.5, 0.6) is 17.2 Å². The summed E-state index contributed by atoms with van der Waals surface area (Å²) in [7, 11) is 0. The van der Waals surface area contributed by atoms with E-state index in [0.29, 0.717) is 39.9 Å². The Morgan fingerprint density at radius 3 is 2.79 bits per heavy atom. The molecule has 5 rings (SSSR count). The topological polar surface area (TPSA) is 71.0 Å². The highest BCUT2D eigenvalue weighted by molar-refractivity contribution is 6.30. The molecule has 2 N–H and O–H groups in total. The van der Waals surface area contributed by atoms with Gasteiger partial charge in [-0.25, -0.2) is 0 Å². The highest BCUT2D eigenvalue weighted by Gasteiger charge is 2.34. The molecule has 2 heterocycles. The molecule has 0 fully saturated rings. The number of halogens is 1. The Labute approximate surface area is 172 Å². The van der Waals surface area contributed by atoms with Gasteiger partial charge in [0.05, 0.1) is 5.56 Å². The van der Waals surface area contributed by atoms with Crippen LogP contribution in [0.4, 0.5) is 5.69 Å². The van der Waals surface area contributed by atoms with Crippen molar-refractivity contribution in [1.29, 1.82) is 0 Å². The second-order valence-corrected chi connectivity index (χ2v) is 7.35. The van der Waals surface area contributed by atoms with E-state index >= 15 is 0 Å². The van der Waals surface area contributed by atoms with Gasteiger partial charge in [0, 0.05) is 22.8 Å². The Morgan fingerprint density at radius 2 is 1.90 bits per heavy atom. The fraction of sp³-hybridized carbons (Fsp3) is 0.136. The molecule has 29 heavy (non-hydrogen) atoms. The first-order valence-electron chi connectivity index (χ1n) is 9.13. The molecule has 2 aliphatic rings. The fourth-order valence-corrected chi connectivity index (χ4v) is 3.86. The van der Waals surface area contributed by atoms with E-state index in [4.69, 9.17) is 21.1 Å². The number of anilines is 1. The average Bonchev–Trinajstić information content (AvgIpc) is 3.20. The standard InChI is InChI=1S/C22H17ClN2O4/c23-14-6-7-18(26)16(10-14)21-24-17-4-2-1-3-15(17)22(27)25(21)11-13-5-8-19-20(9-13)29-12-28-19/h1-10,21,24,26H,11-12H2. The molecule has 1 amide bonds. The van der Waals surface area contributed by atoms with Crippen LogP contribution in [0, 0.1) is 0 Å². The summed E-state index contributed by atoms with van der Waals surface area (Å²) in [6.07, 6.45) is -0.582. The zero-order chi connectivity index (χ0) is 20.0. The highest BCUT2D eigenvalue weighted by Crippen LogP contribution is 2.39. The molecule has 0 bridgehead atoms. The zero-order valence-electron chi connectivity index (χ0n) is 15.3. The molecule has 0 saturated carbocycles. The lowest BCUT2D eigenvalue weighted by Crippen LogP contribution is -2.42. The molecule has 2 aliphatic heterocycles. The first-order valence-corrected chi connectivity index (χ1v) is 9.51. The zero-order valence-corrected chi connectivity index (χ0v) is 16.0. The molecule has 0 aliphatic carbocycles. The molecule has 146 valence electrons. The minimum Gasteiger partial charge on any atom is -0.508 e. The molecule has 1 atom stereocenters. The molecule has 0 saturated heterocycles. The maximum atomic E-state index is 13.4. The van der Waals surface area contributed by atoms with Crippen LogP contribution in [0.3, 0.4) is 0 Å². The Kier molecular flexibility index (Phi) is 4.21. The predicted octanol–water partition coefficient (Wildman–Crippen LogP) is 4.54. The van der Waals surface area contributed by atoms with E-state index in [9.17, 15) is 9.90 Å². The number of aromatic hydroxyl groups is 1. The number of hydrogen-bond acceptors (Lipinski definition) is 5. The first-order chi connectivity index (χ1) is 14.1. The molecule has 1 unspecified atom stereocenters. The van der Waals surface area contributed by atoms with Gasteiger partial charge in [-0.05, 0) is 48.0 Å². The maximum Gasteiger partial charge on any atom is 0.258 e. The number of carbonyl (C=O) groups excluding carboxylic acids is 1. The van der Waals surface area contributed by atoms with E-state index in [0.717, 1.165) is 5.56 Å². The molecule has 0 spiro atoms. The van der Waals surface area contributed by atoms with Crippen molar-refractivity contribution >= 4 is 23.2 Å². The molecule has 6 nitrogen and oxygen atoms in total. The van der Waals surface area contributed by atoms with Crippen LogP contribution < -0.4 is 14.8 Å². The Balaban J connectivity index is 1.57.